The lowest BCUT2D eigenvalue weighted by molar-refractivity contribution is 0.101. The number of benzene rings is 1. The Morgan fingerprint density at radius 3 is 2.93 bits per heavy atom. The van der Waals surface area contributed by atoms with E-state index in [1.165, 1.54) is 22.2 Å². The standard InChI is InChI=1S/C22H22N2O3S2/c1-3-12-24-21(26)19-15-9-5-7-11-18(15)29-20(19)23-22(24)28-13-16(25)14-8-4-6-10-17(14)27-2/h3-4,6,8,10H,1,5,7,9,11-13H2,2H3. The second-order valence-electron chi connectivity index (χ2n) is 6.90. The molecule has 7 heteroatoms. The molecule has 150 valence electrons. The van der Waals surface area contributed by atoms with Crippen molar-refractivity contribution in [2.75, 3.05) is 12.9 Å². The van der Waals surface area contributed by atoms with E-state index >= 15 is 0 Å². The molecule has 3 aromatic rings. The van der Waals surface area contributed by atoms with Crippen molar-refractivity contribution in [2.24, 2.45) is 0 Å². The third-order valence-electron chi connectivity index (χ3n) is 5.09. The Morgan fingerprint density at radius 1 is 1.34 bits per heavy atom. The first kappa shape index (κ1) is 19.9. The number of para-hydroxylation sites is 1. The van der Waals surface area contributed by atoms with Crippen LogP contribution in [0.4, 0.5) is 0 Å². The molecule has 0 fully saturated rings. The van der Waals surface area contributed by atoms with Gasteiger partial charge in [0.15, 0.2) is 10.9 Å². The van der Waals surface area contributed by atoms with Crippen LogP contribution in [0.2, 0.25) is 0 Å². The quantitative estimate of drug-likeness (QED) is 0.241. The third-order valence-corrected chi connectivity index (χ3v) is 7.25. The molecule has 2 heterocycles. The van der Waals surface area contributed by atoms with E-state index in [0.717, 1.165) is 35.9 Å². The highest BCUT2D eigenvalue weighted by molar-refractivity contribution is 7.99. The molecule has 0 amide bonds. The topological polar surface area (TPSA) is 61.2 Å². The number of carbonyl (C=O) groups is 1. The molecule has 0 N–H and O–H groups in total. The van der Waals surface area contributed by atoms with Gasteiger partial charge in [-0.25, -0.2) is 4.98 Å². The van der Waals surface area contributed by atoms with E-state index in [2.05, 4.69) is 6.58 Å². The Labute approximate surface area is 177 Å². The number of nitrogens with zero attached hydrogens (tertiary/aromatic N) is 2. The minimum atomic E-state index is -0.0579. The summed E-state index contributed by atoms with van der Waals surface area (Å²) in [5, 5.41) is 1.32. The van der Waals surface area contributed by atoms with Crippen LogP contribution < -0.4 is 10.3 Å². The summed E-state index contributed by atoms with van der Waals surface area (Å²) in [6.07, 6.45) is 5.93. The Balaban J connectivity index is 1.69. The van der Waals surface area contributed by atoms with E-state index in [9.17, 15) is 9.59 Å². The number of hydrogen-bond acceptors (Lipinski definition) is 6. The van der Waals surface area contributed by atoms with Gasteiger partial charge in [0, 0.05) is 11.4 Å². The Bertz CT molecular complexity index is 1150. The monoisotopic (exact) mass is 426 g/mol. The first-order valence-electron chi connectivity index (χ1n) is 9.59. The maximum absolute atomic E-state index is 13.3. The number of aryl methyl sites for hydroxylation is 2. The second kappa shape index (κ2) is 8.55. The van der Waals surface area contributed by atoms with Crippen LogP contribution in [0, 0.1) is 0 Å². The Morgan fingerprint density at radius 2 is 2.14 bits per heavy atom. The number of thioether (sulfide) groups is 1. The van der Waals surface area contributed by atoms with E-state index < -0.39 is 0 Å². The van der Waals surface area contributed by atoms with Crippen molar-refractivity contribution in [3.05, 3.63) is 63.3 Å². The van der Waals surface area contributed by atoms with E-state index in [-0.39, 0.29) is 17.1 Å². The Kier molecular flexibility index (Phi) is 5.87. The SMILES string of the molecule is C=CCn1c(SCC(=O)c2ccccc2OC)nc2sc3c(c2c1=O)CCCC3. The molecule has 0 spiro atoms. The Hall–Kier alpha value is -2.38. The van der Waals surface area contributed by atoms with Gasteiger partial charge in [-0.1, -0.05) is 30.0 Å². The van der Waals surface area contributed by atoms with E-state index in [1.807, 2.05) is 12.1 Å². The summed E-state index contributed by atoms with van der Waals surface area (Å²) in [5.74, 6) is 0.675. The molecule has 29 heavy (non-hydrogen) atoms. The van der Waals surface area contributed by atoms with E-state index in [0.29, 0.717) is 23.0 Å². The molecule has 0 saturated carbocycles. The predicted molar refractivity (Wildman–Crippen MR) is 119 cm³/mol. The zero-order valence-corrected chi connectivity index (χ0v) is 17.9. The van der Waals surface area contributed by atoms with Crippen LogP contribution in [0.1, 0.15) is 33.6 Å². The molecule has 1 aromatic carbocycles. The smallest absolute Gasteiger partial charge is 0.263 e. The molecular formula is C22H22N2O3S2. The molecule has 0 atom stereocenters. The number of thiophene rings is 1. The van der Waals surface area contributed by atoms with Gasteiger partial charge in [0.1, 0.15) is 10.6 Å². The van der Waals surface area contributed by atoms with Gasteiger partial charge < -0.3 is 4.74 Å². The molecule has 0 saturated heterocycles. The van der Waals surface area contributed by atoms with Gasteiger partial charge in [-0.05, 0) is 43.4 Å². The van der Waals surface area contributed by atoms with Crippen LogP contribution in [0.3, 0.4) is 0 Å². The highest BCUT2D eigenvalue weighted by Crippen LogP contribution is 2.35. The lowest BCUT2D eigenvalue weighted by Crippen LogP contribution is -2.23. The zero-order chi connectivity index (χ0) is 20.4. The molecule has 2 aromatic heterocycles. The number of hydrogen-bond donors (Lipinski definition) is 0. The van der Waals surface area contributed by atoms with Gasteiger partial charge in [-0.3, -0.25) is 14.2 Å². The first-order chi connectivity index (χ1) is 14.1. The van der Waals surface area contributed by atoms with Crippen molar-refractivity contribution < 1.29 is 9.53 Å². The summed E-state index contributed by atoms with van der Waals surface area (Å²) in [4.78, 5) is 32.8. The fourth-order valence-electron chi connectivity index (χ4n) is 3.70. The van der Waals surface area contributed by atoms with Crippen molar-refractivity contribution in [3.8, 4) is 5.75 Å². The summed E-state index contributed by atoms with van der Waals surface area (Å²) in [6, 6.07) is 7.17. The lowest BCUT2D eigenvalue weighted by Gasteiger charge is -2.12. The number of ketones is 1. The third kappa shape index (κ3) is 3.76. The van der Waals surface area contributed by atoms with Gasteiger partial charge in [-0.15, -0.1) is 17.9 Å². The summed E-state index contributed by atoms with van der Waals surface area (Å²) in [5.41, 5.74) is 1.68. The number of ether oxygens (including phenoxy) is 1. The fourth-order valence-corrected chi connectivity index (χ4v) is 5.90. The average Bonchev–Trinajstić information content (AvgIpc) is 3.12. The first-order valence-corrected chi connectivity index (χ1v) is 11.4. The van der Waals surface area contributed by atoms with Crippen LogP contribution in [0.5, 0.6) is 5.75 Å². The zero-order valence-electron chi connectivity index (χ0n) is 16.3. The highest BCUT2D eigenvalue weighted by atomic mass is 32.2. The number of allylic oxidation sites excluding steroid dienone is 1. The minimum Gasteiger partial charge on any atom is -0.496 e. The number of methoxy groups -OCH3 is 1. The lowest BCUT2D eigenvalue weighted by atomic mass is 9.97. The summed E-state index contributed by atoms with van der Waals surface area (Å²) in [6.45, 7) is 4.15. The van der Waals surface area contributed by atoms with Crippen molar-refractivity contribution >= 4 is 39.1 Å². The molecule has 4 rings (SSSR count). The molecule has 0 bridgehead atoms. The molecule has 1 aliphatic carbocycles. The van der Waals surface area contributed by atoms with Crippen molar-refractivity contribution in [1.82, 2.24) is 9.55 Å². The molecular weight excluding hydrogens is 404 g/mol. The van der Waals surface area contributed by atoms with Gasteiger partial charge in [-0.2, -0.15) is 0 Å². The van der Waals surface area contributed by atoms with Crippen LogP contribution in [0.15, 0.2) is 46.9 Å². The molecule has 1 aliphatic rings. The highest BCUT2D eigenvalue weighted by Gasteiger charge is 2.22. The largest absolute Gasteiger partial charge is 0.496 e. The van der Waals surface area contributed by atoms with Crippen LogP contribution in [-0.2, 0) is 19.4 Å². The van der Waals surface area contributed by atoms with Crippen LogP contribution >= 0.6 is 23.1 Å². The number of carbonyl (C=O) groups excluding carboxylic acids is 1. The number of Topliss-reactive ketones (excluding diaryl/α,β-unsaturated/α-hetero) is 1. The van der Waals surface area contributed by atoms with Gasteiger partial charge in [0.2, 0.25) is 0 Å². The molecule has 0 aliphatic heterocycles. The van der Waals surface area contributed by atoms with Crippen molar-refractivity contribution in [2.45, 2.75) is 37.4 Å². The van der Waals surface area contributed by atoms with E-state index in [4.69, 9.17) is 9.72 Å². The number of aromatic nitrogens is 2. The maximum atomic E-state index is 13.3. The number of rotatable bonds is 7. The molecule has 5 nitrogen and oxygen atoms in total. The van der Waals surface area contributed by atoms with Gasteiger partial charge in [0.05, 0.1) is 23.8 Å². The fraction of sp³-hybridized carbons (Fsp3) is 0.318. The average molecular weight is 427 g/mol. The van der Waals surface area contributed by atoms with Gasteiger partial charge >= 0.3 is 0 Å². The second-order valence-corrected chi connectivity index (χ2v) is 8.93. The summed E-state index contributed by atoms with van der Waals surface area (Å²) >= 11 is 2.91. The van der Waals surface area contributed by atoms with Gasteiger partial charge in [0.25, 0.3) is 5.56 Å². The minimum absolute atomic E-state index is 0.0264. The van der Waals surface area contributed by atoms with Crippen molar-refractivity contribution in [3.63, 3.8) is 0 Å². The maximum Gasteiger partial charge on any atom is 0.263 e. The predicted octanol–water partition coefficient (Wildman–Crippen LogP) is 4.51. The number of fused-ring (bicyclic) bond motifs is 3. The summed E-state index contributed by atoms with van der Waals surface area (Å²) < 4.78 is 6.93. The van der Waals surface area contributed by atoms with E-state index in [1.54, 1.807) is 41.2 Å². The normalized spacial score (nSPS) is 13.3. The van der Waals surface area contributed by atoms with Crippen LogP contribution in [-0.4, -0.2) is 28.2 Å². The summed E-state index contributed by atoms with van der Waals surface area (Å²) in [7, 11) is 1.55. The molecule has 0 unspecified atom stereocenters. The van der Waals surface area contributed by atoms with Crippen molar-refractivity contribution in [1.29, 1.82) is 0 Å². The van der Waals surface area contributed by atoms with Crippen LogP contribution in [0.25, 0.3) is 10.2 Å². The molecule has 0 radical (unpaired) electrons.